The lowest BCUT2D eigenvalue weighted by atomic mass is 10.2. The first-order valence-corrected chi connectivity index (χ1v) is 6.53. The van der Waals surface area contributed by atoms with E-state index in [-0.39, 0.29) is 4.99 Å². The summed E-state index contributed by atoms with van der Waals surface area (Å²) in [5, 5.41) is 0. The molecule has 2 N–H and O–H groups in total. The van der Waals surface area contributed by atoms with E-state index in [0.29, 0.717) is 5.69 Å². The summed E-state index contributed by atoms with van der Waals surface area (Å²) >= 11 is 5.03. The molecule has 4 nitrogen and oxygen atoms in total. The van der Waals surface area contributed by atoms with Gasteiger partial charge in [0.1, 0.15) is 10.7 Å². The van der Waals surface area contributed by atoms with Crippen LogP contribution >= 0.6 is 12.2 Å². The Labute approximate surface area is 118 Å². The van der Waals surface area contributed by atoms with Gasteiger partial charge >= 0.3 is 0 Å². The van der Waals surface area contributed by atoms with Crippen molar-refractivity contribution in [2.24, 2.45) is 5.73 Å². The fraction of sp³-hybridized carbons (Fsp3) is 0.214. The first-order valence-electron chi connectivity index (χ1n) is 6.12. The van der Waals surface area contributed by atoms with Crippen LogP contribution in [-0.4, -0.2) is 21.5 Å². The molecule has 0 aliphatic heterocycles. The molecule has 5 heteroatoms. The summed E-state index contributed by atoms with van der Waals surface area (Å²) in [4.78, 5) is 11.0. The van der Waals surface area contributed by atoms with Crippen LogP contribution in [0.1, 0.15) is 18.2 Å². The van der Waals surface area contributed by atoms with Crippen molar-refractivity contribution in [1.29, 1.82) is 0 Å². The quantitative estimate of drug-likeness (QED) is 0.845. The minimum Gasteiger partial charge on any atom is -0.388 e. The van der Waals surface area contributed by atoms with Crippen LogP contribution in [0.25, 0.3) is 0 Å². The maximum absolute atomic E-state index is 5.70. The summed E-state index contributed by atoms with van der Waals surface area (Å²) in [6.45, 7) is 3.63. The Bertz CT molecular complexity index is 556. The van der Waals surface area contributed by atoms with E-state index >= 15 is 0 Å². The largest absolute Gasteiger partial charge is 0.388 e. The van der Waals surface area contributed by atoms with Gasteiger partial charge in [-0.15, -0.1) is 0 Å². The second-order valence-electron chi connectivity index (χ2n) is 4.09. The number of rotatable bonds is 5. The Morgan fingerprint density at radius 2 is 1.89 bits per heavy atom. The topological polar surface area (TPSA) is 55.0 Å². The van der Waals surface area contributed by atoms with Crippen LogP contribution in [0.5, 0.6) is 0 Å². The predicted octanol–water partition coefficient (Wildman–Crippen LogP) is 2.14. The van der Waals surface area contributed by atoms with Gasteiger partial charge in [0.15, 0.2) is 5.82 Å². The molecule has 0 aliphatic carbocycles. The molecule has 1 heterocycles. The molecule has 1 aromatic heterocycles. The van der Waals surface area contributed by atoms with Gasteiger partial charge in [-0.25, -0.2) is 9.97 Å². The van der Waals surface area contributed by atoms with Crippen molar-refractivity contribution in [2.45, 2.75) is 13.5 Å². The van der Waals surface area contributed by atoms with Gasteiger partial charge in [-0.3, -0.25) is 0 Å². The maximum atomic E-state index is 5.70. The molecule has 19 heavy (non-hydrogen) atoms. The average Bonchev–Trinajstić information content (AvgIpc) is 2.46. The first-order chi connectivity index (χ1) is 9.22. The van der Waals surface area contributed by atoms with Crippen LogP contribution in [0.4, 0.5) is 5.82 Å². The molecule has 0 atom stereocenters. The van der Waals surface area contributed by atoms with Crippen LogP contribution in [-0.2, 0) is 6.54 Å². The summed E-state index contributed by atoms with van der Waals surface area (Å²) in [5.74, 6) is 0.737. The smallest absolute Gasteiger partial charge is 0.157 e. The molecular formula is C14H16N4S. The van der Waals surface area contributed by atoms with Crippen molar-refractivity contribution in [3.8, 4) is 0 Å². The molecule has 2 rings (SSSR count). The van der Waals surface area contributed by atoms with Crippen LogP contribution in [0, 0.1) is 0 Å². The van der Waals surface area contributed by atoms with Crippen molar-refractivity contribution < 1.29 is 0 Å². The van der Waals surface area contributed by atoms with E-state index in [1.54, 1.807) is 12.4 Å². The van der Waals surface area contributed by atoms with Crippen LogP contribution in [0.3, 0.4) is 0 Å². The number of nitrogens with zero attached hydrogens (tertiary/aromatic N) is 3. The number of anilines is 1. The van der Waals surface area contributed by atoms with E-state index in [4.69, 9.17) is 18.0 Å². The third-order valence-corrected chi connectivity index (χ3v) is 3.00. The lowest BCUT2D eigenvalue weighted by molar-refractivity contribution is 0.807. The summed E-state index contributed by atoms with van der Waals surface area (Å²) in [6, 6.07) is 10.2. The second kappa shape index (κ2) is 6.24. The Hall–Kier alpha value is -2.01. The highest BCUT2D eigenvalue weighted by atomic mass is 32.1. The van der Waals surface area contributed by atoms with Gasteiger partial charge in [-0.05, 0) is 12.5 Å². The van der Waals surface area contributed by atoms with E-state index in [1.165, 1.54) is 5.56 Å². The van der Waals surface area contributed by atoms with E-state index in [9.17, 15) is 0 Å². The Morgan fingerprint density at radius 3 is 2.53 bits per heavy atom. The minimum absolute atomic E-state index is 0.273. The number of thiocarbonyl (C=S) groups is 1. The lowest BCUT2D eigenvalue weighted by Gasteiger charge is -2.23. The lowest BCUT2D eigenvalue weighted by Crippen LogP contribution is -2.27. The predicted molar refractivity (Wildman–Crippen MR) is 81.1 cm³/mol. The van der Waals surface area contributed by atoms with Crippen molar-refractivity contribution in [3.05, 3.63) is 54.0 Å². The van der Waals surface area contributed by atoms with Crippen LogP contribution in [0.2, 0.25) is 0 Å². The summed E-state index contributed by atoms with van der Waals surface area (Å²) < 4.78 is 0. The highest BCUT2D eigenvalue weighted by Crippen LogP contribution is 2.17. The Morgan fingerprint density at radius 1 is 1.21 bits per heavy atom. The van der Waals surface area contributed by atoms with Gasteiger partial charge in [0.2, 0.25) is 0 Å². The molecule has 0 spiro atoms. The number of hydrogen-bond acceptors (Lipinski definition) is 4. The number of benzene rings is 1. The zero-order valence-corrected chi connectivity index (χ0v) is 11.6. The summed E-state index contributed by atoms with van der Waals surface area (Å²) in [5.41, 5.74) is 7.49. The standard InChI is InChI=1S/C14H16N4S/c1-2-18(10-11-6-4-3-5-7-11)14-12(13(15)19)16-8-9-17-14/h3-9H,2,10H2,1H3,(H2,15,19). The molecule has 0 saturated heterocycles. The van der Waals surface area contributed by atoms with Crippen molar-refractivity contribution >= 4 is 23.0 Å². The van der Waals surface area contributed by atoms with Gasteiger partial charge in [0, 0.05) is 25.5 Å². The molecule has 0 amide bonds. The molecule has 0 bridgehead atoms. The minimum atomic E-state index is 0.273. The van der Waals surface area contributed by atoms with Crippen LogP contribution in [0.15, 0.2) is 42.7 Å². The van der Waals surface area contributed by atoms with E-state index < -0.39 is 0 Å². The molecule has 0 unspecified atom stereocenters. The molecule has 0 aliphatic rings. The number of aromatic nitrogens is 2. The zero-order chi connectivity index (χ0) is 13.7. The average molecular weight is 272 g/mol. The molecular weight excluding hydrogens is 256 g/mol. The van der Waals surface area contributed by atoms with E-state index in [2.05, 4.69) is 33.9 Å². The first kappa shape index (κ1) is 13.4. The summed E-state index contributed by atoms with van der Waals surface area (Å²) in [7, 11) is 0. The highest BCUT2D eigenvalue weighted by Gasteiger charge is 2.14. The molecule has 1 aromatic carbocycles. The molecule has 98 valence electrons. The zero-order valence-electron chi connectivity index (χ0n) is 10.8. The monoisotopic (exact) mass is 272 g/mol. The van der Waals surface area contributed by atoms with Crippen molar-refractivity contribution in [2.75, 3.05) is 11.4 Å². The van der Waals surface area contributed by atoms with Gasteiger partial charge in [-0.2, -0.15) is 0 Å². The van der Waals surface area contributed by atoms with Gasteiger partial charge in [-0.1, -0.05) is 42.5 Å². The fourth-order valence-corrected chi connectivity index (χ4v) is 2.02. The molecule has 0 radical (unpaired) electrons. The normalized spacial score (nSPS) is 10.2. The Kier molecular flexibility index (Phi) is 4.41. The van der Waals surface area contributed by atoms with Gasteiger partial charge in [0.05, 0.1) is 0 Å². The molecule has 0 fully saturated rings. The van der Waals surface area contributed by atoms with E-state index in [1.807, 2.05) is 18.2 Å². The molecule has 2 aromatic rings. The SMILES string of the molecule is CCN(Cc1ccccc1)c1nccnc1C(N)=S. The number of nitrogens with two attached hydrogens (primary N) is 1. The van der Waals surface area contributed by atoms with E-state index in [0.717, 1.165) is 18.9 Å². The maximum Gasteiger partial charge on any atom is 0.157 e. The van der Waals surface area contributed by atoms with Crippen molar-refractivity contribution in [1.82, 2.24) is 9.97 Å². The van der Waals surface area contributed by atoms with Crippen LogP contribution < -0.4 is 10.6 Å². The highest BCUT2D eigenvalue weighted by molar-refractivity contribution is 7.80. The van der Waals surface area contributed by atoms with Gasteiger partial charge < -0.3 is 10.6 Å². The summed E-state index contributed by atoms with van der Waals surface area (Å²) in [6.07, 6.45) is 3.26. The Balaban J connectivity index is 2.30. The van der Waals surface area contributed by atoms with Crippen molar-refractivity contribution in [3.63, 3.8) is 0 Å². The molecule has 0 saturated carbocycles. The fourth-order valence-electron chi connectivity index (χ4n) is 1.88. The third kappa shape index (κ3) is 3.26. The van der Waals surface area contributed by atoms with Gasteiger partial charge in [0.25, 0.3) is 0 Å². The third-order valence-electron chi connectivity index (χ3n) is 2.81. The second-order valence-corrected chi connectivity index (χ2v) is 4.53. The number of hydrogen-bond donors (Lipinski definition) is 1.